The summed E-state index contributed by atoms with van der Waals surface area (Å²) in [6, 6.07) is 14.8. The minimum Gasteiger partial charge on any atom is -0.426 e. The first-order chi connectivity index (χ1) is 17.6. The first-order valence-corrected chi connectivity index (χ1v) is 13.9. The standard InChI is InChI=1S/C29H40BN3O3/c31-20-21-7-5-9-24(19-21)22-13-16-32(17-14-22)29(34)26-12-6-8-23-15-18-33(28(27(23)26)30(35)36)25-10-3-1-2-4-11-25/h5-9,12,19,22,25,28,35-36H,1-4,10-11,13-18,20,31H2. The highest BCUT2D eigenvalue weighted by Gasteiger charge is 2.42. The van der Waals surface area contributed by atoms with Gasteiger partial charge in [-0.3, -0.25) is 9.69 Å². The second-order valence-corrected chi connectivity index (χ2v) is 10.9. The van der Waals surface area contributed by atoms with Crippen molar-refractivity contribution >= 4 is 13.0 Å². The Balaban J connectivity index is 1.36. The lowest BCUT2D eigenvalue weighted by atomic mass is 9.68. The number of hydrogen-bond donors (Lipinski definition) is 3. The Morgan fingerprint density at radius 1 is 0.944 bits per heavy atom. The van der Waals surface area contributed by atoms with E-state index in [1.807, 2.05) is 17.0 Å². The number of rotatable bonds is 5. The summed E-state index contributed by atoms with van der Waals surface area (Å²) < 4.78 is 0. The lowest BCUT2D eigenvalue weighted by Gasteiger charge is -2.43. The molecule has 4 N–H and O–H groups in total. The van der Waals surface area contributed by atoms with Gasteiger partial charge in [-0.2, -0.15) is 0 Å². The summed E-state index contributed by atoms with van der Waals surface area (Å²) >= 11 is 0. The van der Waals surface area contributed by atoms with Gasteiger partial charge < -0.3 is 20.7 Å². The summed E-state index contributed by atoms with van der Waals surface area (Å²) in [7, 11) is -1.51. The Morgan fingerprint density at radius 2 is 1.67 bits per heavy atom. The van der Waals surface area contributed by atoms with E-state index in [0.29, 0.717) is 37.2 Å². The molecule has 7 heteroatoms. The molecule has 1 unspecified atom stereocenters. The Labute approximate surface area is 215 Å². The molecule has 2 fully saturated rings. The molecule has 0 bridgehead atoms. The van der Waals surface area contributed by atoms with E-state index in [-0.39, 0.29) is 5.91 Å². The number of fused-ring (bicyclic) bond motifs is 1. The van der Waals surface area contributed by atoms with Crippen LogP contribution in [-0.4, -0.2) is 58.5 Å². The number of likely N-dealkylation sites (tertiary alicyclic amines) is 1. The molecule has 1 aliphatic carbocycles. The van der Waals surface area contributed by atoms with E-state index in [1.54, 1.807) is 0 Å². The second-order valence-electron chi connectivity index (χ2n) is 10.9. The summed E-state index contributed by atoms with van der Waals surface area (Å²) in [6.45, 7) is 2.77. The Bertz CT molecular complexity index is 1050. The van der Waals surface area contributed by atoms with Crippen LogP contribution in [0.2, 0.25) is 0 Å². The average molecular weight is 489 g/mol. The minimum absolute atomic E-state index is 0.0226. The zero-order valence-electron chi connectivity index (χ0n) is 21.3. The van der Waals surface area contributed by atoms with Gasteiger partial charge in [0, 0.05) is 37.8 Å². The fourth-order valence-electron chi connectivity index (χ4n) is 6.80. The average Bonchev–Trinajstić information content (AvgIpc) is 3.21. The van der Waals surface area contributed by atoms with Crippen LogP contribution in [-0.2, 0) is 13.0 Å². The zero-order chi connectivity index (χ0) is 25.1. The van der Waals surface area contributed by atoms with Crippen LogP contribution < -0.4 is 5.73 Å². The Morgan fingerprint density at radius 3 is 2.36 bits per heavy atom. The monoisotopic (exact) mass is 489 g/mol. The Hall–Kier alpha value is -2.19. The number of nitrogens with two attached hydrogens (primary N) is 1. The highest BCUT2D eigenvalue weighted by molar-refractivity contribution is 6.43. The van der Waals surface area contributed by atoms with Gasteiger partial charge in [-0.15, -0.1) is 0 Å². The van der Waals surface area contributed by atoms with Crippen molar-refractivity contribution in [3.63, 3.8) is 0 Å². The van der Waals surface area contributed by atoms with Crippen LogP contribution in [0.1, 0.15) is 95.8 Å². The number of benzene rings is 2. The quantitative estimate of drug-likeness (QED) is 0.439. The molecular formula is C29H40BN3O3. The molecule has 2 aromatic rings. The van der Waals surface area contributed by atoms with E-state index in [4.69, 9.17) is 5.73 Å². The number of carbonyl (C=O) groups excluding carboxylic acids is 1. The molecule has 2 aliphatic heterocycles. The van der Waals surface area contributed by atoms with Gasteiger partial charge in [0.25, 0.3) is 5.91 Å². The fourth-order valence-corrected chi connectivity index (χ4v) is 6.80. The summed E-state index contributed by atoms with van der Waals surface area (Å²) in [5, 5.41) is 21.2. The topological polar surface area (TPSA) is 90.0 Å². The highest BCUT2D eigenvalue weighted by atomic mass is 16.4. The molecule has 1 saturated heterocycles. The molecule has 0 spiro atoms. The number of piperidine rings is 1. The van der Waals surface area contributed by atoms with E-state index < -0.39 is 13.1 Å². The van der Waals surface area contributed by atoms with E-state index in [0.717, 1.165) is 55.3 Å². The smallest absolute Gasteiger partial charge is 0.426 e. The third-order valence-electron chi connectivity index (χ3n) is 8.74. The maximum Gasteiger partial charge on any atom is 0.474 e. The van der Waals surface area contributed by atoms with Crippen molar-refractivity contribution in [3.05, 3.63) is 70.3 Å². The molecule has 6 nitrogen and oxygen atoms in total. The predicted molar refractivity (Wildman–Crippen MR) is 143 cm³/mol. The van der Waals surface area contributed by atoms with Crippen LogP contribution in [0.5, 0.6) is 0 Å². The molecule has 0 radical (unpaired) electrons. The van der Waals surface area contributed by atoms with Gasteiger partial charge in [-0.1, -0.05) is 62.1 Å². The number of amides is 1. The van der Waals surface area contributed by atoms with Gasteiger partial charge in [0.1, 0.15) is 0 Å². The number of hydrogen-bond acceptors (Lipinski definition) is 5. The van der Waals surface area contributed by atoms with Crippen molar-refractivity contribution in [1.29, 1.82) is 0 Å². The molecule has 1 amide bonds. The Kier molecular flexibility index (Phi) is 8.11. The molecule has 0 aromatic heterocycles. The van der Waals surface area contributed by atoms with Crippen LogP contribution >= 0.6 is 0 Å². The third-order valence-corrected chi connectivity index (χ3v) is 8.74. The maximum atomic E-state index is 13.8. The van der Waals surface area contributed by atoms with E-state index in [1.165, 1.54) is 31.2 Å². The van der Waals surface area contributed by atoms with Gasteiger partial charge in [0.05, 0.1) is 5.94 Å². The van der Waals surface area contributed by atoms with E-state index in [9.17, 15) is 14.8 Å². The van der Waals surface area contributed by atoms with E-state index >= 15 is 0 Å². The summed E-state index contributed by atoms with van der Waals surface area (Å²) in [5.74, 6) is -0.0918. The van der Waals surface area contributed by atoms with Gasteiger partial charge in [0.2, 0.25) is 0 Å². The fraction of sp³-hybridized carbons (Fsp3) is 0.552. The molecule has 1 saturated carbocycles. The number of nitrogens with zero attached hydrogens (tertiary/aromatic N) is 2. The van der Waals surface area contributed by atoms with Gasteiger partial charge in [-0.25, -0.2) is 0 Å². The van der Waals surface area contributed by atoms with Gasteiger partial charge in [-0.05, 0) is 66.3 Å². The molecule has 2 heterocycles. The minimum atomic E-state index is -1.51. The van der Waals surface area contributed by atoms with Crippen molar-refractivity contribution in [2.24, 2.45) is 5.73 Å². The molecule has 2 aromatic carbocycles. The molecule has 3 aliphatic rings. The summed E-state index contributed by atoms with van der Waals surface area (Å²) in [4.78, 5) is 18.1. The van der Waals surface area contributed by atoms with Gasteiger partial charge in [0.15, 0.2) is 0 Å². The van der Waals surface area contributed by atoms with Crippen LogP contribution in [0, 0.1) is 0 Å². The van der Waals surface area contributed by atoms with Crippen molar-refractivity contribution in [2.75, 3.05) is 19.6 Å². The first-order valence-electron chi connectivity index (χ1n) is 13.9. The first kappa shape index (κ1) is 25.5. The molecule has 36 heavy (non-hydrogen) atoms. The molecular weight excluding hydrogens is 449 g/mol. The van der Waals surface area contributed by atoms with Crippen molar-refractivity contribution in [1.82, 2.24) is 9.80 Å². The van der Waals surface area contributed by atoms with Crippen LogP contribution in [0.15, 0.2) is 42.5 Å². The molecule has 1 atom stereocenters. The lowest BCUT2D eigenvalue weighted by Crippen LogP contribution is -2.50. The van der Waals surface area contributed by atoms with E-state index in [2.05, 4.69) is 35.2 Å². The van der Waals surface area contributed by atoms with Crippen molar-refractivity contribution < 1.29 is 14.8 Å². The largest absolute Gasteiger partial charge is 0.474 e. The van der Waals surface area contributed by atoms with Crippen molar-refractivity contribution in [3.8, 4) is 0 Å². The highest BCUT2D eigenvalue weighted by Crippen LogP contribution is 2.38. The summed E-state index contributed by atoms with van der Waals surface area (Å²) in [6.07, 6.45) is 9.76. The summed E-state index contributed by atoms with van der Waals surface area (Å²) in [5.41, 5.74) is 10.9. The second kappa shape index (κ2) is 11.5. The normalized spacial score (nSPS) is 22.2. The lowest BCUT2D eigenvalue weighted by molar-refractivity contribution is 0.0705. The zero-order valence-corrected chi connectivity index (χ0v) is 21.3. The maximum absolute atomic E-state index is 13.8. The SMILES string of the molecule is NCc1cccc(C2CCN(C(=O)c3cccc4c3C(B(O)O)N(C3CCCCCC3)CC4)CC2)c1. The third kappa shape index (κ3) is 5.26. The van der Waals surface area contributed by atoms with Crippen LogP contribution in [0.4, 0.5) is 0 Å². The molecule has 5 rings (SSSR count). The molecule has 192 valence electrons. The van der Waals surface area contributed by atoms with Crippen molar-refractivity contribution in [2.45, 2.75) is 82.2 Å². The number of carbonyl (C=O) groups is 1. The predicted octanol–water partition coefficient (Wildman–Crippen LogP) is 3.80. The van der Waals surface area contributed by atoms with Gasteiger partial charge >= 0.3 is 7.12 Å². The van der Waals surface area contributed by atoms with Crippen LogP contribution in [0.25, 0.3) is 0 Å². The van der Waals surface area contributed by atoms with Crippen LogP contribution in [0.3, 0.4) is 0 Å².